The first-order valence-electron chi connectivity index (χ1n) is 9.00. The van der Waals surface area contributed by atoms with Crippen molar-refractivity contribution in [2.75, 3.05) is 39.0 Å². The van der Waals surface area contributed by atoms with Crippen LogP contribution in [0.1, 0.15) is 23.9 Å². The molecule has 0 unspecified atom stereocenters. The molecule has 1 saturated heterocycles. The fraction of sp³-hybridized carbons (Fsp3) is 0.421. The number of nitrogens with one attached hydrogen (secondary N) is 1. The minimum absolute atomic E-state index is 0.0584. The Morgan fingerprint density at radius 2 is 2.19 bits per heavy atom. The van der Waals surface area contributed by atoms with Crippen molar-refractivity contribution in [3.8, 4) is 0 Å². The smallest absolute Gasteiger partial charge is 0.246 e. The highest BCUT2D eigenvalue weighted by atomic mass is 16.2. The van der Waals surface area contributed by atoms with E-state index in [0.717, 1.165) is 25.2 Å². The molecule has 0 aliphatic carbocycles. The quantitative estimate of drug-likeness (QED) is 0.778. The molecule has 0 spiro atoms. The van der Waals surface area contributed by atoms with Crippen molar-refractivity contribution in [1.29, 1.82) is 0 Å². The molecule has 8 heteroatoms. The van der Waals surface area contributed by atoms with Crippen LogP contribution in [-0.2, 0) is 4.79 Å². The van der Waals surface area contributed by atoms with Crippen LogP contribution in [0.2, 0.25) is 0 Å². The van der Waals surface area contributed by atoms with Crippen LogP contribution in [0, 0.1) is 6.92 Å². The second-order valence-electron chi connectivity index (χ2n) is 6.88. The van der Waals surface area contributed by atoms with Gasteiger partial charge in [-0.1, -0.05) is 6.08 Å². The van der Waals surface area contributed by atoms with Crippen LogP contribution >= 0.6 is 0 Å². The standard InChI is InChI=1S/C19H25N7O/c1-14-22-16(11-17(23-14)24-18-12-20-7-8-21-18)15-6-10-26(13-15)19(27)5-4-9-25(2)3/h4-5,7-8,11-12,15H,6,9-10,13H2,1-3H3,(H,21,22,23,24)/b5-4+/t15-/m0/s1. The SMILES string of the molecule is Cc1nc(Nc2cnccn2)cc([C@H]2CCN(C(=O)/C=C/CN(C)C)C2)n1. The maximum absolute atomic E-state index is 12.3. The molecule has 1 N–H and O–H groups in total. The van der Waals surface area contributed by atoms with E-state index >= 15 is 0 Å². The molecule has 3 rings (SSSR count). The lowest BCUT2D eigenvalue weighted by atomic mass is 10.0. The third-order valence-electron chi connectivity index (χ3n) is 4.33. The van der Waals surface area contributed by atoms with Gasteiger partial charge in [0.15, 0.2) is 0 Å². The molecule has 1 atom stereocenters. The van der Waals surface area contributed by atoms with Gasteiger partial charge in [0, 0.05) is 50.1 Å². The number of nitrogens with zero attached hydrogens (tertiary/aromatic N) is 6. The van der Waals surface area contributed by atoms with E-state index in [1.807, 2.05) is 43.0 Å². The van der Waals surface area contributed by atoms with Gasteiger partial charge in [-0.3, -0.25) is 9.78 Å². The van der Waals surface area contributed by atoms with Crippen molar-refractivity contribution in [2.24, 2.45) is 0 Å². The van der Waals surface area contributed by atoms with Crippen molar-refractivity contribution in [3.05, 3.63) is 48.3 Å². The van der Waals surface area contributed by atoms with E-state index in [1.165, 1.54) is 0 Å². The predicted molar refractivity (Wildman–Crippen MR) is 104 cm³/mol. The van der Waals surface area contributed by atoms with E-state index in [2.05, 4.69) is 25.3 Å². The summed E-state index contributed by atoms with van der Waals surface area (Å²) in [6, 6.07) is 1.93. The highest BCUT2D eigenvalue weighted by Crippen LogP contribution is 2.27. The number of carbonyl (C=O) groups excluding carboxylic acids is 1. The highest BCUT2D eigenvalue weighted by molar-refractivity contribution is 5.87. The van der Waals surface area contributed by atoms with Gasteiger partial charge in [-0.25, -0.2) is 15.0 Å². The minimum atomic E-state index is 0.0584. The molecular weight excluding hydrogens is 342 g/mol. The zero-order valence-corrected chi connectivity index (χ0v) is 16.0. The van der Waals surface area contributed by atoms with E-state index in [0.29, 0.717) is 24.0 Å². The first kappa shape index (κ1) is 18.9. The molecule has 1 amide bonds. The Kier molecular flexibility index (Phi) is 6.08. The lowest BCUT2D eigenvalue weighted by Crippen LogP contribution is -2.27. The number of aryl methyl sites for hydroxylation is 1. The summed E-state index contributed by atoms with van der Waals surface area (Å²) in [6.45, 7) is 4.04. The van der Waals surface area contributed by atoms with Gasteiger partial charge in [0.05, 0.1) is 11.9 Å². The lowest BCUT2D eigenvalue weighted by molar-refractivity contribution is -0.125. The third kappa shape index (κ3) is 5.30. The van der Waals surface area contributed by atoms with Crippen molar-refractivity contribution >= 4 is 17.5 Å². The topological polar surface area (TPSA) is 87.1 Å². The Morgan fingerprint density at radius 3 is 2.93 bits per heavy atom. The average molecular weight is 367 g/mol. The number of hydrogen-bond acceptors (Lipinski definition) is 7. The molecule has 2 aromatic rings. The second-order valence-corrected chi connectivity index (χ2v) is 6.88. The summed E-state index contributed by atoms with van der Waals surface area (Å²) < 4.78 is 0. The van der Waals surface area contributed by atoms with E-state index < -0.39 is 0 Å². The van der Waals surface area contributed by atoms with Crippen LogP contribution in [0.4, 0.5) is 11.6 Å². The van der Waals surface area contributed by atoms with E-state index in [9.17, 15) is 4.79 Å². The summed E-state index contributed by atoms with van der Waals surface area (Å²) in [5, 5.41) is 3.16. The largest absolute Gasteiger partial charge is 0.338 e. The van der Waals surface area contributed by atoms with Gasteiger partial charge in [0.1, 0.15) is 17.5 Å². The number of anilines is 2. The fourth-order valence-electron chi connectivity index (χ4n) is 3.03. The molecule has 3 heterocycles. The van der Waals surface area contributed by atoms with Gasteiger partial charge < -0.3 is 15.1 Å². The molecule has 1 aliphatic heterocycles. The number of likely N-dealkylation sites (N-methyl/N-ethyl adjacent to an activating group) is 1. The number of amides is 1. The third-order valence-corrected chi connectivity index (χ3v) is 4.33. The van der Waals surface area contributed by atoms with Crippen LogP contribution in [0.5, 0.6) is 0 Å². The Morgan fingerprint density at radius 1 is 1.33 bits per heavy atom. The monoisotopic (exact) mass is 367 g/mol. The first-order valence-corrected chi connectivity index (χ1v) is 9.00. The number of hydrogen-bond donors (Lipinski definition) is 1. The number of likely N-dealkylation sites (tertiary alicyclic amines) is 1. The fourth-order valence-corrected chi connectivity index (χ4v) is 3.03. The molecule has 0 aromatic carbocycles. The van der Waals surface area contributed by atoms with Crippen LogP contribution < -0.4 is 5.32 Å². The van der Waals surface area contributed by atoms with Crippen LogP contribution in [0.25, 0.3) is 0 Å². The molecular formula is C19H25N7O. The van der Waals surface area contributed by atoms with E-state index in [1.54, 1.807) is 24.7 Å². The zero-order valence-electron chi connectivity index (χ0n) is 16.0. The van der Waals surface area contributed by atoms with Gasteiger partial charge in [-0.05, 0) is 27.4 Å². The van der Waals surface area contributed by atoms with Gasteiger partial charge in [-0.2, -0.15) is 0 Å². The highest BCUT2D eigenvalue weighted by Gasteiger charge is 2.27. The Balaban J connectivity index is 1.66. The Bertz CT molecular complexity index is 807. The predicted octanol–water partition coefficient (Wildman–Crippen LogP) is 1.75. The maximum Gasteiger partial charge on any atom is 0.246 e. The number of rotatable bonds is 6. The molecule has 0 radical (unpaired) electrons. The van der Waals surface area contributed by atoms with Crippen LogP contribution in [0.3, 0.4) is 0 Å². The normalized spacial score (nSPS) is 17.0. The van der Waals surface area contributed by atoms with Crippen molar-refractivity contribution in [1.82, 2.24) is 29.7 Å². The summed E-state index contributed by atoms with van der Waals surface area (Å²) in [5.41, 5.74) is 0.946. The minimum Gasteiger partial charge on any atom is -0.338 e. The van der Waals surface area contributed by atoms with Crippen molar-refractivity contribution < 1.29 is 4.79 Å². The number of aromatic nitrogens is 4. The summed E-state index contributed by atoms with van der Waals surface area (Å²) >= 11 is 0. The molecule has 0 saturated carbocycles. The van der Waals surface area contributed by atoms with Crippen LogP contribution in [-0.4, -0.2) is 69.4 Å². The molecule has 1 aliphatic rings. The summed E-state index contributed by atoms with van der Waals surface area (Å²) in [7, 11) is 3.95. The van der Waals surface area contributed by atoms with Gasteiger partial charge >= 0.3 is 0 Å². The van der Waals surface area contributed by atoms with E-state index in [4.69, 9.17) is 0 Å². The first-order chi connectivity index (χ1) is 13.0. The molecule has 8 nitrogen and oxygen atoms in total. The van der Waals surface area contributed by atoms with Crippen molar-refractivity contribution in [2.45, 2.75) is 19.3 Å². The zero-order chi connectivity index (χ0) is 19.2. The van der Waals surface area contributed by atoms with E-state index in [-0.39, 0.29) is 11.8 Å². The van der Waals surface area contributed by atoms with Crippen molar-refractivity contribution in [3.63, 3.8) is 0 Å². The Labute approximate surface area is 159 Å². The van der Waals surface area contributed by atoms with Gasteiger partial charge in [-0.15, -0.1) is 0 Å². The summed E-state index contributed by atoms with van der Waals surface area (Å²) in [6.07, 6.45) is 9.35. The van der Waals surface area contributed by atoms with Gasteiger partial charge in [0.2, 0.25) is 5.91 Å². The molecule has 2 aromatic heterocycles. The summed E-state index contributed by atoms with van der Waals surface area (Å²) in [5.74, 6) is 2.28. The Hall–Kier alpha value is -2.87. The molecule has 1 fully saturated rings. The van der Waals surface area contributed by atoms with Gasteiger partial charge in [0.25, 0.3) is 0 Å². The second kappa shape index (κ2) is 8.68. The maximum atomic E-state index is 12.3. The molecule has 0 bridgehead atoms. The lowest BCUT2D eigenvalue weighted by Gasteiger charge is -2.15. The number of carbonyl (C=O) groups is 1. The molecule has 27 heavy (non-hydrogen) atoms. The van der Waals surface area contributed by atoms with Crippen LogP contribution in [0.15, 0.2) is 36.8 Å². The summed E-state index contributed by atoms with van der Waals surface area (Å²) in [4.78, 5) is 33.5. The average Bonchev–Trinajstić information content (AvgIpc) is 3.12. The molecule has 142 valence electrons.